The lowest BCUT2D eigenvalue weighted by Crippen LogP contribution is -2.48. The maximum atomic E-state index is 12.3. The molecule has 6 nitrogen and oxygen atoms in total. The van der Waals surface area contributed by atoms with Gasteiger partial charge in [0.15, 0.2) is 0 Å². The minimum Gasteiger partial charge on any atom is -0.487 e. The van der Waals surface area contributed by atoms with Crippen molar-refractivity contribution in [2.45, 2.75) is 13.5 Å². The van der Waals surface area contributed by atoms with Crippen molar-refractivity contribution in [3.05, 3.63) is 65.6 Å². The number of imidazole rings is 1. The summed E-state index contributed by atoms with van der Waals surface area (Å²) in [5, 5.41) is 6.17. The average Bonchev–Trinajstić information content (AvgIpc) is 3.00. The first-order chi connectivity index (χ1) is 12.7. The number of nitrogens with one attached hydrogen (secondary N) is 2. The number of fused-ring (bicyclic) bond motifs is 1. The molecule has 1 aliphatic rings. The second-order valence-corrected chi connectivity index (χ2v) is 6.75. The third-order valence-corrected chi connectivity index (χ3v) is 4.55. The number of aromatic nitrogens is 2. The summed E-state index contributed by atoms with van der Waals surface area (Å²) >= 11 is 0. The quantitative estimate of drug-likeness (QED) is 0.640. The highest BCUT2D eigenvalue weighted by Gasteiger charge is 2.17. The number of carbonyl (C=O) groups excluding carboxylic acids is 1. The summed E-state index contributed by atoms with van der Waals surface area (Å²) in [6.07, 6.45) is 4.00. The zero-order valence-corrected chi connectivity index (χ0v) is 17.2. The molecule has 150 valence electrons. The summed E-state index contributed by atoms with van der Waals surface area (Å²) in [6.45, 7) is 5.06. The Morgan fingerprint density at radius 1 is 1.25 bits per heavy atom. The first-order valence-electron chi connectivity index (χ1n) is 8.83. The topological polar surface area (TPSA) is 67.7 Å². The molecule has 0 bridgehead atoms. The number of ether oxygens (including phenoxy) is 1. The van der Waals surface area contributed by atoms with Gasteiger partial charge in [0.1, 0.15) is 18.0 Å². The van der Waals surface area contributed by atoms with Crippen molar-refractivity contribution in [2.24, 2.45) is 5.92 Å². The van der Waals surface area contributed by atoms with Crippen LogP contribution >= 0.6 is 24.8 Å². The van der Waals surface area contributed by atoms with Crippen LogP contribution in [0.5, 0.6) is 5.75 Å². The van der Waals surface area contributed by atoms with Crippen molar-refractivity contribution in [2.75, 3.05) is 19.6 Å². The Kier molecular flexibility index (Phi) is 7.69. The number of rotatable bonds is 6. The van der Waals surface area contributed by atoms with E-state index in [0.717, 1.165) is 24.4 Å². The maximum absolute atomic E-state index is 12.3. The highest BCUT2D eigenvalue weighted by Crippen LogP contribution is 2.16. The van der Waals surface area contributed by atoms with E-state index in [4.69, 9.17) is 4.74 Å². The van der Waals surface area contributed by atoms with Crippen LogP contribution < -0.4 is 15.4 Å². The van der Waals surface area contributed by atoms with E-state index < -0.39 is 0 Å². The summed E-state index contributed by atoms with van der Waals surface area (Å²) in [5.74, 6) is 1.14. The third kappa shape index (κ3) is 5.16. The van der Waals surface area contributed by atoms with Crippen molar-refractivity contribution >= 4 is 36.4 Å². The average molecular weight is 423 g/mol. The number of benzene rings is 1. The molecule has 2 aromatic heterocycles. The SMILES string of the molecule is Cc1ccc2nc(COc3cccc(C(=O)NCC4CNC4)c3)cn2c1.Cl.Cl. The maximum Gasteiger partial charge on any atom is 0.251 e. The number of aryl methyl sites for hydroxylation is 1. The van der Waals surface area contributed by atoms with E-state index in [2.05, 4.69) is 15.6 Å². The molecule has 28 heavy (non-hydrogen) atoms. The van der Waals surface area contributed by atoms with Gasteiger partial charge in [0.25, 0.3) is 5.91 Å². The summed E-state index contributed by atoms with van der Waals surface area (Å²) in [5.41, 5.74) is 3.54. The number of hydrogen-bond donors (Lipinski definition) is 2. The van der Waals surface area contributed by atoms with Crippen LogP contribution in [0.1, 0.15) is 21.6 Å². The van der Waals surface area contributed by atoms with Gasteiger partial charge < -0.3 is 19.8 Å². The van der Waals surface area contributed by atoms with E-state index in [9.17, 15) is 4.79 Å². The van der Waals surface area contributed by atoms with Gasteiger partial charge in [-0.05, 0) is 36.8 Å². The fourth-order valence-corrected chi connectivity index (χ4v) is 2.94. The number of amides is 1. The van der Waals surface area contributed by atoms with Gasteiger partial charge in [-0.1, -0.05) is 12.1 Å². The van der Waals surface area contributed by atoms with E-state index >= 15 is 0 Å². The zero-order chi connectivity index (χ0) is 17.9. The van der Waals surface area contributed by atoms with Gasteiger partial charge in [-0.15, -0.1) is 24.8 Å². The minimum atomic E-state index is -0.0643. The molecule has 1 aromatic carbocycles. The number of halogens is 2. The highest BCUT2D eigenvalue weighted by molar-refractivity contribution is 5.94. The van der Waals surface area contributed by atoms with Crippen LogP contribution in [0.2, 0.25) is 0 Å². The molecule has 1 amide bonds. The van der Waals surface area contributed by atoms with Crippen LogP contribution in [0.4, 0.5) is 0 Å². The van der Waals surface area contributed by atoms with Gasteiger partial charge in [0.2, 0.25) is 0 Å². The molecule has 1 aliphatic heterocycles. The Balaban J connectivity index is 0.00000140. The molecule has 3 aromatic rings. The molecule has 1 saturated heterocycles. The monoisotopic (exact) mass is 422 g/mol. The third-order valence-electron chi connectivity index (χ3n) is 4.55. The molecule has 0 unspecified atom stereocenters. The van der Waals surface area contributed by atoms with E-state index in [1.54, 1.807) is 12.1 Å². The highest BCUT2D eigenvalue weighted by atomic mass is 35.5. The second-order valence-electron chi connectivity index (χ2n) is 6.75. The molecule has 4 rings (SSSR count). The molecule has 0 spiro atoms. The molecular weight excluding hydrogens is 399 g/mol. The van der Waals surface area contributed by atoms with Gasteiger partial charge in [-0.25, -0.2) is 4.98 Å². The largest absolute Gasteiger partial charge is 0.487 e. The van der Waals surface area contributed by atoms with Crippen LogP contribution in [0.25, 0.3) is 5.65 Å². The van der Waals surface area contributed by atoms with Crippen molar-refractivity contribution in [3.63, 3.8) is 0 Å². The molecular formula is C20H24Cl2N4O2. The van der Waals surface area contributed by atoms with Crippen molar-refractivity contribution < 1.29 is 9.53 Å². The minimum absolute atomic E-state index is 0. The Bertz CT molecular complexity index is 941. The molecule has 0 saturated carbocycles. The Morgan fingerprint density at radius 2 is 2.07 bits per heavy atom. The van der Waals surface area contributed by atoms with Gasteiger partial charge in [-0.3, -0.25) is 4.79 Å². The Hall–Kier alpha value is -2.28. The van der Waals surface area contributed by atoms with Gasteiger partial charge in [0.05, 0.1) is 5.69 Å². The predicted molar refractivity (Wildman–Crippen MR) is 114 cm³/mol. The molecule has 1 fully saturated rings. The smallest absolute Gasteiger partial charge is 0.251 e. The Labute approximate surface area is 176 Å². The number of nitrogens with zero attached hydrogens (tertiary/aromatic N) is 2. The zero-order valence-electron chi connectivity index (χ0n) is 15.6. The lowest BCUT2D eigenvalue weighted by atomic mass is 10.0. The number of pyridine rings is 1. The summed E-state index contributed by atoms with van der Waals surface area (Å²) < 4.78 is 7.83. The molecule has 2 N–H and O–H groups in total. The van der Waals surface area contributed by atoms with Crippen molar-refractivity contribution in [1.29, 1.82) is 0 Å². The second kappa shape index (κ2) is 9.78. The van der Waals surface area contributed by atoms with E-state index in [-0.39, 0.29) is 30.7 Å². The van der Waals surface area contributed by atoms with E-state index in [1.165, 1.54) is 5.56 Å². The normalized spacial score (nSPS) is 13.2. The summed E-state index contributed by atoms with van der Waals surface area (Å²) in [4.78, 5) is 16.8. The molecule has 0 aliphatic carbocycles. The van der Waals surface area contributed by atoms with Crippen LogP contribution in [0, 0.1) is 12.8 Å². The Morgan fingerprint density at radius 3 is 2.82 bits per heavy atom. The molecule has 0 atom stereocenters. The summed E-state index contributed by atoms with van der Waals surface area (Å²) in [6, 6.07) is 11.3. The van der Waals surface area contributed by atoms with Gasteiger partial charge in [0, 0.05) is 43.5 Å². The fourth-order valence-electron chi connectivity index (χ4n) is 2.94. The van der Waals surface area contributed by atoms with Crippen LogP contribution in [0.15, 0.2) is 48.8 Å². The van der Waals surface area contributed by atoms with Crippen molar-refractivity contribution in [1.82, 2.24) is 20.0 Å². The fraction of sp³-hybridized carbons (Fsp3) is 0.300. The van der Waals surface area contributed by atoms with Crippen LogP contribution in [-0.2, 0) is 6.61 Å². The molecule has 0 radical (unpaired) electrons. The standard InChI is InChI=1S/C20H22N4O2.2ClH/c1-14-5-6-19-23-17(12-24(19)11-14)13-26-18-4-2-3-16(7-18)20(25)22-10-15-8-21-9-15;;/h2-7,11-12,15,21H,8-10,13H2,1H3,(H,22,25);2*1H. The van der Waals surface area contributed by atoms with Gasteiger partial charge >= 0.3 is 0 Å². The lowest BCUT2D eigenvalue weighted by Gasteiger charge is -2.27. The first kappa shape index (κ1) is 22.0. The first-order valence-corrected chi connectivity index (χ1v) is 8.83. The van der Waals surface area contributed by atoms with Crippen molar-refractivity contribution in [3.8, 4) is 5.75 Å². The van der Waals surface area contributed by atoms with Gasteiger partial charge in [-0.2, -0.15) is 0 Å². The van der Waals surface area contributed by atoms with Crippen LogP contribution in [-0.4, -0.2) is 34.9 Å². The van der Waals surface area contributed by atoms with E-state index in [0.29, 0.717) is 30.4 Å². The molecule has 8 heteroatoms. The summed E-state index contributed by atoms with van der Waals surface area (Å²) in [7, 11) is 0. The number of carbonyl (C=O) groups is 1. The number of hydrogen-bond acceptors (Lipinski definition) is 4. The van der Waals surface area contributed by atoms with E-state index in [1.807, 2.05) is 48.0 Å². The lowest BCUT2D eigenvalue weighted by molar-refractivity contribution is 0.0941. The molecule has 3 heterocycles. The predicted octanol–water partition coefficient (Wildman–Crippen LogP) is 3.01. The van der Waals surface area contributed by atoms with Crippen LogP contribution in [0.3, 0.4) is 0 Å².